The Labute approximate surface area is 136 Å². The zero-order valence-electron chi connectivity index (χ0n) is 13.2. The molecule has 122 valence electrons. The highest BCUT2D eigenvalue weighted by atomic mass is 16.5. The van der Waals surface area contributed by atoms with E-state index in [9.17, 15) is 4.79 Å². The van der Waals surface area contributed by atoms with Crippen LogP contribution in [0.1, 0.15) is 29.5 Å². The molecule has 2 aromatic rings. The van der Waals surface area contributed by atoms with Crippen LogP contribution in [0.3, 0.4) is 0 Å². The van der Waals surface area contributed by atoms with Gasteiger partial charge < -0.3 is 19.8 Å². The van der Waals surface area contributed by atoms with Gasteiger partial charge in [0, 0.05) is 11.6 Å². The third-order valence-electron chi connectivity index (χ3n) is 4.19. The summed E-state index contributed by atoms with van der Waals surface area (Å²) in [6.45, 7) is 4.30. The highest BCUT2D eigenvalue weighted by Gasteiger charge is 2.25. The smallest absolute Gasteiger partial charge is 0.287 e. The van der Waals surface area contributed by atoms with Gasteiger partial charge in [-0.25, -0.2) is 0 Å². The van der Waals surface area contributed by atoms with Crippen LogP contribution in [0.15, 0.2) is 47.1 Å². The van der Waals surface area contributed by atoms with Gasteiger partial charge in [-0.15, -0.1) is 0 Å². The van der Waals surface area contributed by atoms with E-state index in [4.69, 9.17) is 9.15 Å². The van der Waals surface area contributed by atoms with Gasteiger partial charge in [0.25, 0.3) is 5.91 Å². The molecular weight excluding hydrogens is 292 g/mol. The minimum atomic E-state index is -0.166. The Morgan fingerprint density at radius 2 is 2.17 bits per heavy atom. The number of hydrogen-bond acceptors (Lipinski definition) is 4. The number of benzene rings is 1. The largest absolute Gasteiger partial charge is 0.489 e. The third-order valence-corrected chi connectivity index (χ3v) is 4.19. The van der Waals surface area contributed by atoms with Crippen molar-refractivity contribution in [1.29, 1.82) is 0 Å². The van der Waals surface area contributed by atoms with Crippen LogP contribution in [0.4, 0.5) is 0 Å². The van der Waals surface area contributed by atoms with E-state index < -0.39 is 0 Å². The van der Waals surface area contributed by atoms with Crippen molar-refractivity contribution in [2.75, 3.05) is 13.1 Å². The van der Waals surface area contributed by atoms with Crippen molar-refractivity contribution in [3.8, 4) is 5.75 Å². The molecule has 1 aromatic heterocycles. The van der Waals surface area contributed by atoms with Crippen molar-refractivity contribution in [2.45, 2.75) is 26.0 Å². The van der Waals surface area contributed by atoms with Crippen molar-refractivity contribution in [3.63, 3.8) is 0 Å². The lowest BCUT2D eigenvalue weighted by molar-refractivity contribution is 0.0882. The van der Waals surface area contributed by atoms with Crippen molar-refractivity contribution in [1.82, 2.24) is 10.6 Å². The molecule has 0 aliphatic carbocycles. The zero-order chi connectivity index (χ0) is 16.1. The summed E-state index contributed by atoms with van der Waals surface area (Å²) in [6, 6.07) is 11.5. The van der Waals surface area contributed by atoms with Gasteiger partial charge >= 0.3 is 0 Å². The van der Waals surface area contributed by atoms with Crippen molar-refractivity contribution in [2.24, 2.45) is 5.92 Å². The second-order valence-corrected chi connectivity index (χ2v) is 5.93. The minimum Gasteiger partial charge on any atom is -0.489 e. The van der Waals surface area contributed by atoms with E-state index in [0.717, 1.165) is 30.8 Å². The Balaban J connectivity index is 1.62. The molecule has 0 bridgehead atoms. The Morgan fingerprint density at radius 3 is 2.96 bits per heavy atom. The summed E-state index contributed by atoms with van der Waals surface area (Å²) in [5, 5.41) is 6.41. The van der Waals surface area contributed by atoms with E-state index in [1.807, 2.05) is 30.3 Å². The molecule has 0 spiro atoms. The van der Waals surface area contributed by atoms with Gasteiger partial charge in [-0.2, -0.15) is 0 Å². The average molecular weight is 314 g/mol. The molecule has 3 rings (SSSR count). The highest BCUT2D eigenvalue weighted by Crippen LogP contribution is 2.17. The quantitative estimate of drug-likeness (QED) is 0.890. The van der Waals surface area contributed by atoms with E-state index in [1.165, 1.54) is 6.26 Å². The average Bonchev–Trinajstić information content (AvgIpc) is 3.05. The monoisotopic (exact) mass is 314 g/mol. The lowest BCUT2D eigenvalue weighted by Crippen LogP contribution is -2.48. The number of rotatable bonds is 5. The van der Waals surface area contributed by atoms with Crippen LogP contribution in [0, 0.1) is 5.92 Å². The van der Waals surface area contributed by atoms with Gasteiger partial charge in [-0.05, 0) is 43.6 Å². The molecule has 0 radical (unpaired) electrons. The summed E-state index contributed by atoms with van der Waals surface area (Å²) in [5.74, 6) is 1.35. The SMILES string of the molecule is CC1CNCCC1NC(=O)c1occc1COc1ccccc1. The highest BCUT2D eigenvalue weighted by molar-refractivity contribution is 5.93. The first-order valence-corrected chi connectivity index (χ1v) is 8.00. The summed E-state index contributed by atoms with van der Waals surface area (Å²) in [5.41, 5.74) is 0.757. The molecule has 1 saturated heterocycles. The number of piperidine rings is 1. The minimum absolute atomic E-state index is 0.166. The lowest BCUT2D eigenvalue weighted by Gasteiger charge is -2.30. The van der Waals surface area contributed by atoms with Crippen LogP contribution in [-0.2, 0) is 6.61 Å². The molecule has 1 aliphatic heterocycles. The second kappa shape index (κ2) is 7.33. The number of furan rings is 1. The molecule has 1 fully saturated rings. The topological polar surface area (TPSA) is 63.5 Å². The Bertz CT molecular complexity index is 639. The predicted molar refractivity (Wildman–Crippen MR) is 87.4 cm³/mol. The van der Waals surface area contributed by atoms with Gasteiger partial charge in [-0.3, -0.25) is 4.79 Å². The second-order valence-electron chi connectivity index (χ2n) is 5.93. The lowest BCUT2D eigenvalue weighted by atomic mass is 9.95. The fourth-order valence-electron chi connectivity index (χ4n) is 2.79. The van der Waals surface area contributed by atoms with E-state index >= 15 is 0 Å². The van der Waals surface area contributed by atoms with Gasteiger partial charge in [0.1, 0.15) is 12.4 Å². The van der Waals surface area contributed by atoms with Crippen molar-refractivity contribution in [3.05, 3.63) is 54.0 Å². The number of amides is 1. The van der Waals surface area contributed by atoms with Crippen LogP contribution >= 0.6 is 0 Å². The summed E-state index contributed by atoms with van der Waals surface area (Å²) in [6.07, 6.45) is 2.47. The normalized spacial score (nSPS) is 20.9. The number of ether oxygens (including phenoxy) is 1. The number of nitrogens with one attached hydrogen (secondary N) is 2. The van der Waals surface area contributed by atoms with Crippen LogP contribution in [0.2, 0.25) is 0 Å². The molecule has 5 nitrogen and oxygen atoms in total. The molecule has 2 atom stereocenters. The molecule has 1 amide bonds. The standard InChI is InChI=1S/C18H22N2O3/c1-13-11-19-9-7-16(13)20-18(21)17-14(8-10-22-17)12-23-15-5-3-2-4-6-15/h2-6,8,10,13,16,19H,7,9,11-12H2,1H3,(H,20,21). The number of hydrogen-bond donors (Lipinski definition) is 2. The Kier molecular flexibility index (Phi) is 4.98. The number of carbonyl (C=O) groups excluding carboxylic acids is 1. The molecule has 2 heterocycles. The fraction of sp³-hybridized carbons (Fsp3) is 0.389. The summed E-state index contributed by atoms with van der Waals surface area (Å²) in [4.78, 5) is 12.5. The third kappa shape index (κ3) is 3.93. The molecule has 2 unspecified atom stereocenters. The van der Waals surface area contributed by atoms with E-state index in [-0.39, 0.29) is 11.9 Å². The molecular formula is C18H22N2O3. The number of para-hydroxylation sites is 1. The first-order valence-electron chi connectivity index (χ1n) is 8.00. The Morgan fingerprint density at radius 1 is 1.35 bits per heavy atom. The maximum absolute atomic E-state index is 12.5. The van der Waals surface area contributed by atoms with Crippen molar-refractivity contribution < 1.29 is 13.9 Å². The summed E-state index contributed by atoms with van der Waals surface area (Å²) >= 11 is 0. The maximum Gasteiger partial charge on any atom is 0.287 e. The van der Waals surface area contributed by atoms with E-state index in [1.54, 1.807) is 6.07 Å². The summed E-state index contributed by atoms with van der Waals surface area (Å²) in [7, 11) is 0. The van der Waals surface area contributed by atoms with Crippen LogP contribution < -0.4 is 15.4 Å². The molecule has 5 heteroatoms. The van der Waals surface area contributed by atoms with Crippen molar-refractivity contribution >= 4 is 5.91 Å². The zero-order valence-corrected chi connectivity index (χ0v) is 13.2. The van der Waals surface area contributed by atoms with Gasteiger partial charge in [0.2, 0.25) is 0 Å². The molecule has 1 aromatic carbocycles. The predicted octanol–water partition coefficient (Wildman–Crippen LogP) is 2.59. The van der Waals surface area contributed by atoms with Crippen LogP contribution in [-0.4, -0.2) is 25.0 Å². The first-order chi connectivity index (χ1) is 11.2. The maximum atomic E-state index is 12.5. The summed E-state index contributed by atoms with van der Waals surface area (Å²) < 4.78 is 11.1. The van der Waals surface area contributed by atoms with Gasteiger partial charge in [-0.1, -0.05) is 25.1 Å². The molecule has 1 aliphatic rings. The number of carbonyl (C=O) groups is 1. The van der Waals surface area contributed by atoms with Crippen LogP contribution in [0.5, 0.6) is 5.75 Å². The van der Waals surface area contributed by atoms with Gasteiger partial charge in [0.15, 0.2) is 5.76 Å². The molecule has 23 heavy (non-hydrogen) atoms. The molecule has 2 N–H and O–H groups in total. The Hall–Kier alpha value is -2.27. The van der Waals surface area contributed by atoms with Gasteiger partial charge in [0.05, 0.1) is 6.26 Å². The van der Waals surface area contributed by atoms with E-state index in [2.05, 4.69) is 17.6 Å². The van der Waals surface area contributed by atoms with Crippen LogP contribution in [0.25, 0.3) is 0 Å². The first kappa shape index (κ1) is 15.6. The molecule has 0 saturated carbocycles. The fourth-order valence-corrected chi connectivity index (χ4v) is 2.79. The van der Waals surface area contributed by atoms with E-state index in [0.29, 0.717) is 18.3 Å².